The number of aromatic carboxylic acids is 1. The minimum atomic E-state index is -1.40. The molecule has 0 unspecified atom stereocenters. The number of rotatable bonds is 2. The highest BCUT2D eigenvalue weighted by atomic mass is 19.1. The maximum atomic E-state index is 13.1. The van der Waals surface area contributed by atoms with Crippen molar-refractivity contribution in [3.05, 3.63) is 46.1 Å². The van der Waals surface area contributed by atoms with Gasteiger partial charge in [-0.1, -0.05) is 12.1 Å². The van der Waals surface area contributed by atoms with E-state index in [-0.39, 0.29) is 11.3 Å². The first-order chi connectivity index (χ1) is 8.00. The molecule has 0 aliphatic carbocycles. The molecule has 6 heteroatoms. The maximum absolute atomic E-state index is 13.1. The van der Waals surface area contributed by atoms with Crippen molar-refractivity contribution in [3.63, 3.8) is 0 Å². The predicted molar refractivity (Wildman–Crippen MR) is 56.3 cm³/mol. The number of hydrogen-bond donors (Lipinski definition) is 1. The van der Waals surface area contributed by atoms with Crippen LogP contribution in [0.2, 0.25) is 0 Å². The van der Waals surface area contributed by atoms with Crippen LogP contribution < -0.4 is 5.63 Å². The van der Waals surface area contributed by atoms with E-state index in [4.69, 9.17) is 5.11 Å². The zero-order valence-electron chi connectivity index (χ0n) is 8.81. The van der Waals surface area contributed by atoms with Crippen LogP contribution in [0.1, 0.15) is 10.4 Å². The summed E-state index contributed by atoms with van der Waals surface area (Å²) in [6, 6.07) is 5.28. The molecule has 1 aromatic heterocycles. The Hall–Kier alpha value is -2.37. The highest BCUT2D eigenvalue weighted by Gasteiger charge is 2.23. The van der Waals surface area contributed by atoms with E-state index in [1.807, 2.05) is 0 Å². The molecule has 1 N–H and O–H groups in total. The molecule has 0 aliphatic heterocycles. The Labute approximate surface area is 94.7 Å². The summed E-state index contributed by atoms with van der Waals surface area (Å²) in [6.07, 6.45) is 0. The summed E-state index contributed by atoms with van der Waals surface area (Å²) in [7, 11) is 1.38. The summed E-state index contributed by atoms with van der Waals surface area (Å²) in [6.45, 7) is 0. The second-order valence-corrected chi connectivity index (χ2v) is 3.42. The molecular formula is C11H8FNO4. The number of benzene rings is 1. The molecule has 5 nitrogen and oxygen atoms in total. The standard InChI is InChI=1S/C11H8FNO4/c1-13-9(6-3-2-4-7(12)5-6)8(10(14)15)11(16)17-13/h2-5H,1H3,(H,14,15). The molecule has 2 aromatic rings. The molecule has 1 aromatic carbocycles. The second kappa shape index (κ2) is 3.89. The highest BCUT2D eigenvalue weighted by molar-refractivity contribution is 5.94. The van der Waals surface area contributed by atoms with E-state index >= 15 is 0 Å². The van der Waals surface area contributed by atoms with Crippen LogP contribution >= 0.6 is 0 Å². The van der Waals surface area contributed by atoms with Gasteiger partial charge >= 0.3 is 11.6 Å². The number of carbonyl (C=O) groups is 1. The molecule has 0 radical (unpaired) electrons. The number of halogens is 1. The Morgan fingerprint density at radius 3 is 2.76 bits per heavy atom. The first-order valence-corrected chi connectivity index (χ1v) is 4.70. The zero-order chi connectivity index (χ0) is 12.6. The second-order valence-electron chi connectivity index (χ2n) is 3.42. The van der Waals surface area contributed by atoms with Crippen molar-refractivity contribution in [1.82, 2.24) is 4.74 Å². The van der Waals surface area contributed by atoms with Crippen molar-refractivity contribution in [2.75, 3.05) is 0 Å². The predicted octanol–water partition coefficient (Wildman–Crippen LogP) is 1.48. The number of hydrogen-bond acceptors (Lipinski definition) is 3. The van der Waals surface area contributed by atoms with Crippen molar-refractivity contribution in [2.45, 2.75) is 0 Å². The van der Waals surface area contributed by atoms with Crippen LogP contribution in [-0.4, -0.2) is 15.8 Å². The molecule has 0 spiro atoms. The monoisotopic (exact) mass is 237 g/mol. The molecule has 2 rings (SSSR count). The van der Waals surface area contributed by atoms with Crippen LogP contribution in [0.4, 0.5) is 4.39 Å². The summed E-state index contributed by atoms with van der Waals surface area (Å²) in [5.74, 6) is -1.92. The average Bonchev–Trinajstić information content (AvgIpc) is 2.53. The van der Waals surface area contributed by atoms with Crippen LogP contribution in [0, 0.1) is 5.82 Å². The summed E-state index contributed by atoms with van der Waals surface area (Å²) in [5.41, 5.74) is -1.14. The van der Waals surface area contributed by atoms with E-state index in [9.17, 15) is 14.0 Å². The molecule has 0 saturated carbocycles. The molecular weight excluding hydrogens is 229 g/mol. The molecule has 17 heavy (non-hydrogen) atoms. The van der Waals surface area contributed by atoms with Gasteiger partial charge in [0.25, 0.3) is 0 Å². The van der Waals surface area contributed by atoms with Gasteiger partial charge in [0.15, 0.2) is 5.56 Å². The first-order valence-electron chi connectivity index (χ1n) is 4.70. The number of aromatic nitrogens is 1. The van der Waals surface area contributed by atoms with Gasteiger partial charge in [0, 0.05) is 12.6 Å². The number of carboxylic acid groups (broad SMARTS) is 1. The van der Waals surface area contributed by atoms with Crippen molar-refractivity contribution in [1.29, 1.82) is 0 Å². The van der Waals surface area contributed by atoms with Gasteiger partial charge in [-0.05, 0) is 12.1 Å². The van der Waals surface area contributed by atoms with Crippen molar-refractivity contribution in [2.24, 2.45) is 7.05 Å². The van der Waals surface area contributed by atoms with Crippen LogP contribution in [-0.2, 0) is 7.05 Å². The van der Waals surface area contributed by atoms with Crippen LogP contribution in [0.5, 0.6) is 0 Å². The van der Waals surface area contributed by atoms with Gasteiger partial charge < -0.3 is 9.63 Å². The van der Waals surface area contributed by atoms with Gasteiger partial charge in [0.2, 0.25) is 0 Å². The molecule has 0 fully saturated rings. The van der Waals surface area contributed by atoms with Gasteiger partial charge in [-0.15, -0.1) is 0 Å². The zero-order valence-corrected chi connectivity index (χ0v) is 8.81. The normalized spacial score (nSPS) is 10.5. The lowest BCUT2D eigenvalue weighted by Crippen LogP contribution is -2.09. The highest BCUT2D eigenvalue weighted by Crippen LogP contribution is 2.22. The summed E-state index contributed by atoms with van der Waals surface area (Å²) >= 11 is 0. The summed E-state index contributed by atoms with van der Waals surface area (Å²) in [4.78, 5) is 22.2. The molecule has 0 aliphatic rings. The van der Waals surface area contributed by atoms with Gasteiger partial charge in [-0.3, -0.25) is 0 Å². The molecule has 88 valence electrons. The third-order valence-corrected chi connectivity index (χ3v) is 2.29. The molecule has 1 heterocycles. The van der Waals surface area contributed by atoms with Gasteiger partial charge in [-0.25, -0.2) is 18.7 Å². The van der Waals surface area contributed by atoms with Gasteiger partial charge in [0.05, 0.1) is 0 Å². The SMILES string of the molecule is Cn1oc(=O)c(C(=O)O)c1-c1cccc(F)c1. The van der Waals surface area contributed by atoms with Crippen LogP contribution in [0.3, 0.4) is 0 Å². The minimum Gasteiger partial charge on any atom is -0.477 e. The Balaban J connectivity index is 2.75. The number of carboxylic acids is 1. The Morgan fingerprint density at radius 1 is 1.47 bits per heavy atom. The lowest BCUT2D eigenvalue weighted by Gasteiger charge is -2.02. The average molecular weight is 237 g/mol. The Bertz CT molecular complexity index is 641. The van der Waals surface area contributed by atoms with Gasteiger partial charge in [-0.2, -0.15) is 0 Å². The Morgan fingerprint density at radius 2 is 2.18 bits per heavy atom. The minimum absolute atomic E-state index is 0.0435. The fourth-order valence-corrected chi connectivity index (χ4v) is 1.62. The summed E-state index contributed by atoms with van der Waals surface area (Å²) < 4.78 is 18.7. The van der Waals surface area contributed by atoms with E-state index < -0.39 is 23.0 Å². The van der Waals surface area contributed by atoms with E-state index in [2.05, 4.69) is 4.52 Å². The van der Waals surface area contributed by atoms with Crippen molar-refractivity contribution in [3.8, 4) is 11.3 Å². The third-order valence-electron chi connectivity index (χ3n) is 2.29. The smallest absolute Gasteiger partial charge is 0.372 e. The fourth-order valence-electron chi connectivity index (χ4n) is 1.62. The van der Waals surface area contributed by atoms with E-state index in [1.165, 1.54) is 25.2 Å². The van der Waals surface area contributed by atoms with Gasteiger partial charge in [0.1, 0.15) is 11.5 Å². The molecule has 0 bridgehead atoms. The van der Waals surface area contributed by atoms with Crippen LogP contribution in [0.15, 0.2) is 33.6 Å². The Kier molecular flexibility index (Phi) is 2.55. The lowest BCUT2D eigenvalue weighted by molar-refractivity contribution is 0.0695. The quantitative estimate of drug-likeness (QED) is 0.858. The molecule has 0 amide bonds. The van der Waals surface area contributed by atoms with E-state index in [1.54, 1.807) is 0 Å². The number of nitrogens with zero attached hydrogens (tertiary/aromatic N) is 1. The topological polar surface area (TPSA) is 72.4 Å². The fraction of sp³-hybridized carbons (Fsp3) is 0.0909. The summed E-state index contributed by atoms with van der Waals surface area (Å²) in [5, 5.41) is 8.92. The van der Waals surface area contributed by atoms with Crippen molar-refractivity contribution >= 4 is 5.97 Å². The molecule has 0 saturated heterocycles. The van der Waals surface area contributed by atoms with E-state index in [0.29, 0.717) is 0 Å². The van der Waals surface area contributed by atoms with Crippen LogP contribution in [0.25, 0.3) is 11.3 Å². The maximum Gasteiger partial charge on any atom is 0.372 e. The number of aryl methyl sites for hydroxylation is 1. The largest absolute Gasteiger partial charge is 0.477 e. The first kappa shape index (κ1) is 11.1. The lowest BCUT2D eigenvalue weighted by atomic mass is 10.1. The molecule has 0 atom stereocenters. The third kappa shape index (κ3) is 1.84. The van der Waals surface area contributed by atoms with E-state index in [0.717, 1.165) is 10.8 Å². The van der Waals surface area contributed by atoms with Crippen molar-refractivity contribution < 1.29 is 18.8 Å².